The van der Waals surface area contributed by atoms with Crippen molar-refractivity contribution in [3.05, 3.63) is 72.4 Å². The highest BCUT2D eigenvalue weighted by Crippen LogP contribution is 2.34. The molecule has 10 nitrogen and oxygen atoms in total. The zero-order chi connectivity index (χ0) is 26.0. The molecular formula is C26H22N4O6S. The van der Waals surface area contributed by atoms with E-state index >= 15 is 0 Å². The second-order valence-electron chi connectivity index (χ2n) is 7.63. The number of para-hydroxylation sites is 1. The Kier molecular flexibility index (Phi) is 8.57. The Balaban J connectivity index is 1.34. The van der Waals surface area contributed by atoms with Gasteiger partial charge in [-0.05, 0) is 36.4 Å². The number of nitrogens with one attached hydrogen (secondary N) is 1. The highest BCUT2D eigenvalue weighted by Gasteiger charge is 2.21. The number of hydrogen-bond acceptors (Lipinski definition) is 9. The van der Waals surface area contributed by atoms with E-state index in [1.54, 1.807) is 48.5 Å². The number of thioether (sulfide) groups is 1. The van der Waals surface area contributed by atoms with E-state index in [0.29, 0.717) is 27.9 Å². The van der Waals surface area contributed by atoms with E-state index < -0.39 is 18.5 Å². The van der Waals surface area contributed by atoms with Crippen molar-refractivity contribution in [2.24, 2.45) is 0 Å². The van der Waals surface area contributed by atoms with Crippen molar-refractivity contribution < 1.29 is 28.6 Å². The lowest BCUT2D eigenvalue weighted by Crippen LogP contribution is -2.35. The van der Waals surface area contributed by atoms with Gasteiger partial charge in [-0.15, -0.1) is 0 Å². The van der Waals surface area contributed by atoms with Gasteiger partial charge >= 0.3 is 5.97 Å². The molecule has 2 aromatic carbocycles. The molecule has 37 heavy (non-hydrogen) atoms. The molecule has 0 bridgehead atoms. The van der Waals surface area contributed by atoms with Crippen LogP contribution in [-0.2, 0) is 14.3 Å². The molecule has 188 valence electrons. The molecule has 0 fully saturated rings. The highest BCUT2D eigenvalue weighted by atomic mass is 32.2. The molecule has 11 heteroatoms. The average Bonchev–Trinajstić information content (AvgIpc) is 3.39. The minimum atomic E-state index is -0.742. The number of benzene rings is 2. The number of ether oxygens (including phenoxy) is 3. The maximum absolute atomic E-state index is 12.8. The summed E-state index contributed by atoms with van der Waals surface area (Å²) in [5.74, 6) is -0.363. The van der Waals surface area contributed by atoms with Crippen LogP contribution in [0.1, 0.15) is 16.8 Å². The summed E-state index contributed by atoms with van der Waals surface area (Å²) < 4.78 is 15.8. The van der Waals surface area contributed by atoms with Gasteiger partial charge in [-0.25, -0.2) is 9.78 Å². The summed E-state index contributed by atoms with van der Waals surface area (Å²) in [5.41, 5.74) is 1.29. The molecule has 1 aliphatic heterocycles. The number of carbonyl (C=O) groups excluding carboxylic acids is 3. The molecule has 0 spiro atoms. The number of amides is 2. The van der Waals surface area contributed by atoms with Gasteiger partial charge in [0.1, 0.15) is 5.03 Å². The highest BCUT2D eigenvalue weighted by molar-refractivity contribution is 8.00. The minimum Gasteiger partial charge on any atom is -0.454 e. The second kappa shape index (κ2) is 12.4. The van der Waals surface area contributed by atoms with Crippen LogP contribution >= 0.6 is 11.8 Å². The van der Waals surface area contributed by atoms with Gasteiger partial charge in [-0.3, -0.25) is 9.59 Å². The van der Waals surface area contributed by atoms with E-state index in [2.05, 4.69) is 10.3 Å². The number of esters is 1. The molecule has 1 N–H and O–H groups in total. The molecular weight excluding hydrogens is 496 g/mol. The van der Waals surface area contributed by atoms with Crippen molar-refractivity contribution in [2.75, 3.05) is 35.9 Å². The fourth-order valence-electron chi connectivity index (χ4n) is 3.42. The Bertz CT molecular complexity index is 1330. The lowest BCUT2D eigenvalue weighted by atomic mass is 10.2. The zero-order valence-electron chi connectivity index (χ0n) is 19.6. The van der Waals surface area contributed by atoms with Crippen LogP contribution in [0.2, 0.25) is 0 Å². The Labute approximate surface area is 217 Å². The number of nitrogens with zero attached hydrogens (tertiary/aromatic N) is 3. The number of anilines is 2. The maximum Gasteiger partial charge on any atom is 0.341 e. The average molecular weight is 519 g/mol. The van der Waals surface area contributed by atoms with E-state index in [1.807, 2.05) is 12.1 Å². The van der Waals surface area contributed by atoms with Gasteiger partial charge in [0.05, 0.1) is 23.8 Å². The first-order valence-corrected chi connectivity index (χ1v) is 12.2. The summed E-state index contributed by atoms with van der Waals surface area (Å²) in [5, 5.41) is 12.0. The first-order chi connectivity index (χ1) is 18.0. The number of pyridine rings is 1. The summed E-state index contributed by atoms with van der Waals surface area (Å²) in [7, 11) is 0. The van der Waals surface area contributed by atoms with Crippen molar-refractivity contribution in [1.82, 2.24) is 4.98 Å². The predicted octanol–water partition coefficient (Wildman–Crippen LogP) is 3.64. The Hall–Kier alpha value is -4.56. The maximum atomic E-state index is 12.8. The largest absolute Gasteiger partial charge is 0.454 e. The predicted molar refractivity (Wildman–Crippen MR) is 135 cm³/mol. The molecule has 0 saturated carbocycles. The van der Waals surface area contributed by atoms with Crippen LogP contribution in [-0.4, -0.2) is 48.5 Å². The summed E-state index contributed by atoms with van der Waals surface area (Å²) in [6, 6.07) is 19.0. The summed E-state index contributed by atoms with van der Waals surface area (Å²) >= 11 is 1.07. The third kappa shape index (κ3) is 6.77. The summed E-state index contributed by atoms with van der Waals surface area (Å²) in [6.45, 7) is -0.205. The molecule has 0 saturated heterocycles. The lowest BCUT2D eigenvalue weighted by Gasteiger charge is -2.21. The Morgan fingerprint density at radius 2 is 1.89 bits per heavy atom. The van der Waals surface area contributed by atoms with E-state index in [9.17, 15) is 14.4 Å². The lowest BCUT2D eigenvalue weighted by molar-refractivity contribution is -0.121. The van der Waals surface area contributed by atoms with Crippen molar-refractivity contribution >= 4 is 40.9 Å². The van der Waals surface area contributed by atoms with Gasteiger partial charge in [0, 0.05) is 30.2 Å². The fraction of sp³-hybridized carbons (Fsp3) is 0.192. The van der Waals surface area contributed by atoms with Gasteiger partial charge in [0.15, 0.2) is 18.1 Å². The van der Waals surface area contributed by atoms with Crippen LogP contribution in [0.15, 0.2) is 71.9 Å². The van der Waals surface area contributed by atoms with Gasteiger partial charge in [-0.1, -0.05) is 30.0 Å². The Morgan fingerprint density at radius 1 is 1.08 bits per heavy atom. The second-order valence-corrected chi connectivity index (χ2v) is 8.59. The van der Waals surface area contributed by atoms with Crippen LogP contribution in [0.25, 0.3) is 0 Å². The molecule has 0 atom stereocenters. The van der Waals surface area contributed by atoms with Gasteiger partial charge in [-0.2, -0.15) is 5.26 Å². The van der Waals surface area contributed by atoms with Crippen molar-refractivity contribution in [3.8, 4) is 17.6 Å². The number of aromatic nitrogens is 1. The van der Waals surface area contributed by atoms with E-state index in [4.69, 9.17) is 19.5 Å². The third-order valence-electron chi connectivity index (χ3n) is 5.13. The standard InChI is InChI=1S/C26H22N4O6S/c27-11-5-13-30(19-6-2-1-3-7-19)24(32)15-34-26(33)20-8-4-12-28-25(20)37-16-23(31)29-18-9-10-21-22(14-18)36-17-35-21/h1-4,6-10,12,14H,5,13,15-17H2,(H,29,31). The van der Waals surface area contributed by atoms with Crippen molar-refractivity contribution in [2.45, 2.75) is 11.4 Å². The van der Waals surface area contributed by atoms with Crippen molar-refractivity contribution in [1.29, 1.82) is 5.26 Å². The molecule has 2 heterocycles. The molecule has 4 rings (SSSR count). The number of rotatable bonds is 10. The Morgan fingerprint density at radius 3 is 2.70 bits per heavy atom. The molecule has 0 unspecified atom stereocenters. The summed E-state index contributed by atoms with van der Waals surface area (Å²) in [4.78, 5) is 43.6. The fourth-order valence-corrected chi connectivity index (χ4v) is 4.20. The molecule has 2 amide bonds. The van der Waals surface area contributed by atoms with Crippen LogP contribution < -0.4 is 19.7 Å². The molecule has 0 radical (unpaired) electrons. The number of nitriles is 1. The normalized spacial score (nSPS) is 11.3. The minimum absolute atomic E-state index is 0.0133. The van der Waals surface area contributed by atoms with Crippen molar-refractivity contribution in [3.63, 3.8) is 0 Å². The molecule has 3 aromatic rings. The monoisotopic (exact) mass is 518 g/mol. The molecule has 1 aromatic heterocycles. The van der Waals surface area contributed by atoms with Gasteiger partial charge in [0.2, 0.25) is 12.7 Å². The SMILES string of the molecule is N#CCCN(C(=O)COC(=O)c1cccnc1SCC(=O)Nc1ccc2c(c1)OCO2)c1ccccc1. The van der Waals surface area contributed by atoms with E-state index in [0.717, 1.165) is 11.8 Å². The van der Waals surface area contributed by atoms with Crippen LogP contribution in [0.3, 0.4) is 0 Å². The first-order valence-electron chi connectivity index (χ1n) is 11.2. The zero-order valence-corrected chi connectivity index (χ0v) is 20.4. The summed E-state index contributed by atoms with van der Waals surface area (Å²) in [6.07, 6.45) is 1.63. The van der Waals surface area contributed by atoms with Crippen LogP contribution in [0, 0.1) is 11.3 Å². The van der Waals surface area contributed by atoms with Gasteiger partial charge < -0.3 is 24.4 Å². The molecule has 0 aliphatic carbocycles. The number of hydrogen-bond donors (Lipinski definition) is 1. The van der Waals surface area contributed by atoms with Crippen LogP contribution in [0.4, 0.5) is 11.4 Å². The number of fused-ring (bicyclic) bond motifs is 1. The third-order valence-corrected chi connectivity index (χ3v) is 6.14. The van der Waals surface area contributed by atoms with Gasteiger partial charge in [0.25, 0.3) is 5.91 Å². The first kappa shape index (κ1) is 25.5. The topological polar surface area (TPSA) is 131 Å². The van der Waals surface area contributed by atoms with E-state index in [-0.39, 0.29) is 37.0 Å². The van der Waals surface area contributed by atoms with E-state index in [1.165, 1.54) is 17.2 Å². The smallest absolute Gasteiger partial charge is 0.341 e. The quantitative estimate of drug-likeness (QED) is 0.316. The molecule has 1 aliphatic rings. The van der Waals surface area contributed by atoms with Crippen LogP contribution in [0.5, 0.6) is 11.5 Å². The number of carbonyl (C=O) groups is 3.